The van der Waals surface area contributed by atoms with Crippen molar-refractivity contribution in [1.82, 2.24) is 20.2 Å². The van der Waals surface area contributed by atoms with Gasteiger partial charge in [-0.1, -0.05) is 6.42 Å². The summed E-state index contributed by atoms with van der Waals surface area (Å²) < 4.78 is 6.59. The van der Waals surface area contributed by atoms with E-state index in [2.05, 4.69) is 15.6 Å². The molecule has 1 aliphatic heterocycles. The van der Waals surface area contributed by atoms with E-state index in [1.165, 1.54) is 6.20 Å². The number of aliphatic hydroxyl groups is 2. The molecule has 0 spiro atoms. The van der Waals surface area contributed by atoms with Gasteiger partial charge in [-0.15, -0.1) is 0 Å². The highest BCUT2D eigenvalue weighted by Gasteiger charge is 2.35. The minimum atomic E-state index is -0.936. The van der Waals surface area contributed by atoms with E-state index in [1.807, 2.05) is 0 Å². The number of aromatic nitrogens is 2. The summed E-state index contributed by atoms with van der Waals surface area (Å²) in [6, 6.07) is -0.618. The summed E-state index contributed by atoms with van der Waals surface area (Å²) in [5, 5.41) is 24.4. The van der Waals surface area contributed by atoms with Crippen LogP contribution in [0.3, 0.4) is 0 Å². The maximum absolute atomic E-state index is 12.1. The summed E-state index contributed by atoms with van der Waals surface area (Å²) in [6.45, 7) is 0.568. The molecule has 1 aliphatic rings. The number of amides is 2. The fourth-order valence-corrected chi connectivity index (χ4v) is 3.46. The van der Waals surface area contributed by atoms with Crippen molar-refractivity contribution >= 4 is 11.8 Å². The van der Waals surface area contributed by atoms with Crippen LogP contribution in [0.2, 0.25) is 0 Å². The molecule has 4 atom stereocenters. The van der Waals surface area contributed by atoms with Gasteiger partial charge in [0.15, 0.2) is 0 Å². The Morgan fingerprint density at radius 1 is 1.27 bits per heavy atom. The molecule has 186 valence electrons. The summed E-state index contributed by atoms with van der Waals surface area (Å²) in [7, 11) is 0. The molecule has 9 N–H and O–H groups in total. The van der Waals surface area contributed by atoms with E-state index < -0.39 is 42.3 Å². The largest absolute Gasteiger partial charge is 0.394 e. The smallest absolute Gasteiger partial charge is 0.330 e. The first-order chi connectivity index (χ1) is 15.8. The fraction of sp³-hybridized carbons (Fsp3) is 0.700. The van der Waals surface area contributed by atoms with Crippen LogP contribution in [-0.4, -0.2) is 76.1 Å². The molecule has 13 heteroatoms. The van der Waals surface area contributed by atoms with Crippen molar-refractivity contribution in [2.45, 2.75) is 63.0 Å². The predicted molar refractivity (Wildman–Crippen MR) is 118 cm³/mol. The third-order valence-corrected chi connectivity index (χ3v) is 5.41. The van der Waals surface area contributed by atoms with E-state index >= 15 is 0 Å². The number of aryl methyl sites for hydroxylation is 1. The molecule has 0 aliphatic carbocycles. The lowest BCUT2D eigenvalue weighted by atomic mass is 10.1. The van der Waals surface area contributed by atoms with Gasteiger partial charge in [0.25, 0.3) is 5.56 Å². The third kappa shape index (κ3) is 8.05. The molecule has 0 bridgehead atoms. The second-order valence-electron chi connectivity index (χ2n) is 7.97. The predicted octanol–water partition coefficient (Wildman–Crippen LogP) is -3.20. The first-order valence-corrected chi connectivity index (χ1v) is 11.1. The number of unbranched alkanes of at least 4 members (excludes halogenated alkanes) is 1. The number of H-pyrrole nitrogens is 1. The number of hydrogen-bond donors (Lipinski definition) is 7. The molecule has 0 aromatic carbocycles. The Bertz CT molecular complexity index is 902. The van der Waals surface area contributed by atoms with Crippen LogP contribution in [0.5, 0.6) is 0 Å². The minimum Gasteiger partial charge on any atom is -0.394 e. The number of carbonyl (C=O) groups is 2. The maximum Gasteiger partial charge on any atom is 0.330 e. The van der Waals surface area contributed by atoms with Crippen molar-refractivity contribution in [3.63, 3.8) is 0 Å². The first kappa shape index (κ1) is 26.7. The number of hydrogen-bond acceptors (Lipinski definition) is 9. The summed E-state index contributed by atoms with van der Waals surface area (Å²) in [4.78, 5) is 50.4. The molecule has 1 fully saturated rings. The van der Waals surface area contributed by atoms with Crippen LogP contribution in [0.1, 0.15) is 43.9 Å². The Morgan fingerprint density at radius 2 is 2.00 bits per heavy atom. The van der Waals surface area contributed by atoms with Gasteiger partial charge in [-0.3, -0.25) is 23.9 Å². The van der Waals surface area contributed by atoms with E-state index in [-0.39, 0.29) is 49.7 Å². The average molecular weight is 471 g/mol. The quantitative estimate of drug-likeness (QED) is 0.144. The Hall–Kier alpha value is -2.58. The number of ether oxygens (including phenoxy) is 1. The SMILES string of the molecule is NCCCCC(N)C(=O)NCCNC(=O)CCc1cn([C@H]2C[C@H](O)[C@@H](CO)O2)c(=O)[nH]c1=O. The molecular formula is C20H34N6O7. The number of nitrogens with zero attached hydrogens (tertiary/aromatic N) is 1. The van der Waals surface area contributed by atoms with Crippen LogP contribution < -0.4 is 33.3 Å². The van der Waals surface area contributed by atoms with Gasteiger partial charge in [0.05, 0.1) is 18.8 Å². The Labute approximate surface area is 190 Å². The minimum absolute atomic E-state index is 0.0127. The van der Waals surface area contributed by atoms with Crippen molar-refractivity contribution in [3.05, 3.63) is 32.6 Å². The normalized spacial score (nSPS) is 21.0. The zero-order chi connectivity index (χ0) is 24.4. The van der Waals surface area contributed by atoms with E-state index in [4.69, 9.17) is 16.2 Å². The number of rotatable bonds is 13. The molecule has 1 aromatic heterocycles. The molecule has 0 radical (unpaired) electrons. The second kappa shape index (κ2) is 13.2. The third-order valence-electron chi connectivity index (χ3n) is 5.41. The monoisotopic (exact) mass is 470 g/mol. The second-order valence-corrected chi connectivity index (χ2v) is 7.97. The molecule has 33 heavy (non-hydrogen) atoms. The van der Waals surface area contributed by atoms with Gasteiger partial charge >= 0.3 is 5.69 Å². The number of aromatic amines is 1. The van der Waals surface area contributed by atoms with Crippen LogP contribution in [0.25, 0.3) is 0 Å². The van der Waals surface area contributed by atoms with Crippen molar-refractivity contribution in [2.24, 2.45) is 11.5 Å². The average Bonchev–Trinajstić information content (AvgIpc) is 3.16. The summed E-state index contributed by atoms with van der Waals surface area (Å²) in [5.74, 6) is -0.626. The maximum atomic E-state index is 12.1. The summed E-state index contributed by atoms with van der Waals surface area (Å²) in [5.41, 5.74) is 10.1. The lowest BCUT2D eigenvalue weighted by molar-refractivity contribution is -0.123. The highest BCUT2D eigenvalue weighted by molar-refractivity contribution is 5.81. The van der Waals surface area contributed by atoms with Crippen molar-refractivity contribution in [1.29, 1.82) is 0 Å². The lowest BCUT2D eigenvalue weighted by Crippen LogP contribution is -2.43. The van der Waals surface area contributed by atoms with Crippen LogP contribution in [0, 0.1) is 0 Å². The molecule has 0 saturated carbocycles. The van der Waals surface area contributed by atoms with Crippen molar-refractivity contribution in [3.8, 4) is 0 Å². The molecule has 13 nitrogen and oxygen atoms in total. The molecule has 1 aromatic rings. The Balaban J connectivity index is 1.79. The van der Waals surface area contributed by atoms with Gasteiger partial charge in [-0.05, 0) is 25.8 Å². The van der Waals surface area contributed by atoms with E-state index in [0.717, 1.165) is 17.4 Å². The number of aliphatic hydroxyl groups excluding tert-OH is 2. The topological polar surface area (TPSA) is 215 Å². The lowest BCUT2D eigenvalue weighted by Gasteiger charge is -2.15. The van der Waals surface area contributed by atoms with Gasteiger partial charge < -0.3 is 37.1 Å². The molecule has 2 amide bonds. The molecule has 2 heterocycles. The number of carbonyl (C=O) groups excluding carboxylic acids is 2. The Morgan fingerprint density at radius 3 is 2.67 bits per heavy atom. The van der Waals surface area contributed by atoms with E-state index in [9.17, 15) is 29.4 Å². The molecular weight excluding hydrogens is 436 g/mol. The summed E-state index contributed by atoms with van der Waals surface area (Å²) in [6.07, 6.45) is 0.965. The molecule has 1 saturated heterocycles. The van der Waals surface area contributed by atoms with Gasteiger partial charge in [-0.2, -0.15) is 0 Å². The first-order valence-electron chi connectivity index (χ1n) is 11.1. The van der Waals surface area contributed by atoms with E-state index in [1.54, 1.807) is 0 Å². The standard InChI is InChI=1S/C20H34N6O7/c21-6-2-1-3-13(22)19(31)24-8-7-23-16(29)5-4-12-10-26(20(32)25-18(12)30)17-9-14(28)15(11-27)33-17/h10,13-15,17,27-28H,1-9,11,21-22H2,(H,23,29)(H,24,31)(H,25,30,32)/t13?,14-,15+,17+/m0/s1. The van der Waals surface area contributed by atoms with Crippen molar-refractivity contribution < 1.29 is 24.5 Å². The zero-order valence-corrected chi connectivity index (χ0v) is 18.5. The number of nitrogens with one attached hydrogen (secondary N) is 3. The van der Waals surface area contributed by atoms with Crippen LogP contribution >= 0.6 is 0 Å². The number of nitrogens with two attached hydrogens (primary N) is 2. The molecule has 1 unspecified atom stereocenters. The highest BCUT2D eigenvalue weighted by atomic mass is 16.5. The van der Waals surface area contributed by atoms with Gasteiger partial charge in [-0.25, -0.2) is 4.79 Å². The summed E-state index contributed by atoms with van der Waals surface area (Å²) >= 11 is 0. The van der Waals surface area contributed by atoms with Crippen LogP contribution in [0.15, 0.2) is 15.8 Å². The van der Waals surface area contributed by atoms with Crippen LogP contribution in [-0.2, 0) is 20.7 Å². The van der Waals surface area contributed by atoms with Crippen LogP contribution in [0.4, 0.5) is 0 Å². The Kier molecular flexibility index (Phi) is 10.7. The van der Waals surface area contributed by atoms with E-state index in [0.29, 0.717) is 13.0 Å². The molecule has 2 rings (SSSR count). The van der Waals surface area contributed by atoms with Gasteiger partial charge in [0.1, 0.15) is 12.3 Å². The zero-order valence-electron chi connectivity index (χ0n) is 18.5. The van der Waals surface area contributed by atoms with Crippen molar-refractivity contribution in [2.75, 3.05) is 26.2 Å². The fourth-order valence-electron chi connectivity index (χ4n) is 3.46. The highest BCUT2D eigenvalue weighted by Crippen LogP contribution is 2.27. The van der Waals surface area contributed by atoms with Gasteiger partial charge in [0.2, 0.25) is 11.8 Å². The van der Waals surface area contributed by atoms with Gasteiger partial charge in [0, 0.05) is 37.7 Å².